The molecule has 0 aliphatic rings. The van der Waals surface area contributed by atoms with Gasteiger partial charge in [0, 0.05) is 10.6 Å². The summed E-state index contributed by atoms with van der Waals surface area (Å²) in [7, 11) is 0. The van der Waals surface area contributed by atoms with E-state index in [-0.39, 0.29) is 21.9 Å². The number of ether oxygens (including phenoxy) is 1. The number of hydrazone groups is 1. The van der Waals surface area contributed by atoms with Gasteiger partial charge in [-0.25, -0.2) is 10.2 Å². The van der Waals surface area contributed by atoms with Crippen molar-refractivity contribution in [1.82, 2.24) is 5.43 Å². The molecule has 35 heavy (non-hydrogen) atoms. The van der Waals surface area contributed by atoms with Crippen molar-refractivity contribution in [3.8, 4) is 5.75 Å². The Morgan fingerprint density at radius 3 is 2.37 bits per heavy atom. The quantitative estimate of drug-likeness (QED) is 0.155. The van der Waals surface area contributed by atoms with Crippen LogP contribution in [-0.4, -0.2) is 24.0 Å². The Hall–Kier alpha value is -3.89. The maximum absolute atomic E-state index is 12.9. The van der Waals surface area contributed by atoms with Crippen molar-refractivity contribution >= 4 is 52.9 Å². The van der Waals surface area contributed by atoms with Gasteiger partial charge in [0.2, 0.25) is 0 Å². The van der Waals surface area contributed by atoms with Crippen molar-refractivity contribution in [3.05, 3.63) is 93.5 Å². The molecule has 180 valence electrons. The highest BCUT2D eigenvalue weighted by atomic mass is 35.5. The zero-order valence-corrected chi connectivity index (χ0v) is 18.9. The molecule has 0 unspecified atom stereocenters. The molecule has 0 saturated carbocycles. The number of esters is 1. The fourth-order valence-electron chi connectivity index (χ4n) is 2.64. The molecule has 2 N–H and O–H groups in total. The first-order valence-corrected chi connectivity index (χ1v) is 10.4. The monoisotopic (exact) mass is 523 g/mol. The van der Waals surface area contributed by atoms with E-state index in [9.17, 15) is 27.6 Å². The fraction of sp³-hybridized carbons (Fsp3) is 0.0435. The Morgan fingerprint density at radius 2 is 1.66 bits per heavy atom. The highest BCUT2D eigenvalue weighted by Gasteiger charge is 2.31. The lowest BCUT2D eigenvalue weighted by Crippen LogP contribution is -2.32. The average molecular weight is 524 g/mol. The van der Waals surface area contributed by atoms with Gasteiger partial charge in [0.1, 0.15) is 5.75 Å². The topological polar surface area (TPSA) is 96.9 Å². The van der Waals surface area contributed by atoms with Crippen LogP contribution < -0.4 is 15.5 Å². The lowest BCUT2D eigenvalue weighted by Gasteiger charge is -2.11. The van der Waals surface area contributed by atoms with E-state index in [0.29, 0.717) is 11.1 Å². The molecule has 0 aliphatic carbocycles. The lowest BCUT2D eigenvalue weighted by molar-refractivity contribution is -0.137. The Balaban J connectivity index is 1.65. The van der Waals surface area contributed by atoms with Crippen molar-refractivity contribution in [3.63, 3.8) is 0 Å². The molecule has 0 heterocycles. The molecule has 0 saturated heterocycles. The van der Waals surface area contributed by atoms with Crippen molar-refractivity contribution in [1.29, 1.82) is 0 Å². The number of carbonyl (C=O) groups is 3. The number of carbonyl (C=O) groups excluding carboxylic acids is 3. The largest absolute Gasteiger partial charge is 0.422 e. The third kappa shape index (κ3) is 7.05. The van der Waals surface area contributed by atoms with E-state index in [1.807, 2.05) is 10.7 Å². The van der Waals surface area contributed by atoms with Gasteiger partial charge in [0.25, 0.3) is 0 Å². The highest BCUT2D eigenvalue weighted by Crippen LogP contribution is 2.33. The molecule has 0 spiro atoms. The predicted octanol–water partition coefficient (Wildman–Crippen LogP) is 5.32. The minimum Gasteiger partial charge on any atom is -0.422 e. The first-order valence-electron chi connectivity index (χ1n) is 9.62. The third-order valence-corrected chi connectivity index (χ3v) is 4.86. The van der Waals surface area contributed by atoms with Gasteiger partial charge in [-0.2, -0.15) is 18.3 Å². The summed E-state index contributed by atoms with van der Waals surface area (Å²) in [6.07, 6.45) is -3.55. The zero-order valence-electron chi connectivity index (χ0n) is 17.4. The van der Waals surface area contributed by atoms with E-state index in [2.05, 4.69) is 5.10 Å². The number of hydrogen-bond donors (Lipinski definition) is 2. The minimum atomic E-state index is -4.67. The van der Waals surface area contributed by atoms with Crippen LogP contribution >= 0.6 is 23.2 Å². The molecule has 0 fully saturated rings. The van der Waals surface area contributed by atoms with E-state index < -0.39 is 35.2 Å². The Morgan fingerprint density at radius 1 is 0.914 bits per heavy atom. The van der Waals surface area contributed by atoms with Gasteiger partial charge in [-0.1, -0.05) is 41.4 Å². The predicted molar refractivity (Wildman–Crippen MR) is 124 cm³/mol. The Bertz CT molecular complexity index is 1310. The second-order valence-corrected chi connectivity index (χ2v) is 7.63. The minimum absolute atomic E-state index is 0.107. The molecule has 3 rings (SSSR count). The van der Waals surface area contributed by atoms with Crippen molar-refractivity contribution in [2.45, 2.75) is 6.18 Å². The number of para-hydroxylation sites is 1. The summed E-state index contributed by atoms with van der Waals surface area (Å²) in [5, 5.41) is 5.77. The zero-order chi connectivity index (χ0) is 25.6. The van der Waals surface area contributed by atoms with Crippen LogP contribution in [-0.2, 0) is 15.8 Å². The molecule has 0 aliphatic heterocycles. The van der Waals surface area contributed by atoms with Gasteiger partial charge in [0.05, 0.1) is 28.1 Å². The molecule has 0 radical (unpaired) electrons. The summed E-state index contributed by atoms with van der Waals surface area (Å²) in [6, 6.07) is 14.6. The molecular formula is C23H14Cl2F3N3O4. The fourth-order valence-corrected chi connectivity index (χ4v) is 3.00. The number of anilines is 1. The maximum Gasteiger partial charge on any atom is 0.416 e. The normalized spacial score (nSPS) is 11.2. The molecule has 0 aromatic heterocycles. The van der Waals surface area contributed by atoms with E-state index in [1.165, 1.54) is 24.3 Å². The van der Waals surface area contributed by atoms with Gasteiger partial charge in [-0.15, -0.1) is 0 Å². The summed E-state index contributed by atoms with van der Waals surface area (Å²) < 4.78 is 43.9. The van der Waals surface area contributed by atoms with E-state index >= 15 is 0 Å². The van der Waals surface area contributed by atoms with E-state index in [4.69, 9.17) is 27.9 Å². The van der Waals surface area contributed by atoms with E-state index in [1.54, 1.807) is 24.3 Å². The first-order chi connectivity index (χ1) is 16.5. The average Bonchev–Trinajstić information content (AvgIpc) is 2.80. The molecular weight excluding hydrogens is 510 g/mol. The smallest absolute Gasteiger partial charge is 0.416 e. The van der Waals surface area contributed by atoms with Crippen molar-refractivity contribution in [2.24, 2.45) is 5.10 Å². The lowest BCUT2D eigenvalue weighted by atomic mass is 10.2. The van der Waals surface area contributed by atoms with Crippen LogP contribution in [0.4, 0.5) is 18.9 Å². The van der Waals surface area contributed by atoms with Gasteiger partial charge in [-0.05, 0) is 48.5 Å². The van der Waals surface area contributed by atoms with Crippen LogP contribution in [0.1, 0.15) is 21.5 Å². The number of rotatable bonds is 5. The van der Waals surface area contributed by atoms with Crippen LogP contribution in [0.2, 0.25) is 10.0 Å². The van der Waals surface area contributed by atoms with E-state index in [0.717, 1.165) is 18.3 Å². The molecule has 3 aromatic carbocycles. The molecule has 7 nitrogen and oxygen atoms in total. The van der Waals surface area contributed by atoms with Crippen LogP contribution in [0.5, 0.6) is 5.75 Å². The molecule has 0 atom stereocenters. The number of amides is 2. The summed E-state index contributed by atoms with van der Waals surface area (Å²) in [5.74, 6) is -3.16. The number of nitrogens with zero attached hydrogens (tertiary/aromatic N) is 1. The summed E-state index contributed by atoms with van der Waals surface area (Å²) in [6.45, 7) is 0. The van der Waals surface area contributed by atoms with Gasteiger partial charge in [0.15, 0.2) is 0 Å². The summed E-state index contributed by atoms with van der Waals surface area (Å²) in [5.41, 5.74) is 0.968. The Labute approximate surface area is 206 Å². The van der Waals surface area contributed by atoms with Crippen LogP contribution in [0.15, 0.2) is 71.8 Å². The number of hydrogen-bond acceptors (Lipinski definition) is 5. The first kappa shape index (κ1) is 25.7. The highest BCUT2D eigenvalue weighted by molar-refractivity contribution is 6.41. The molecule has 0 bridgehead atoms. The summed E-state index contributed by atoms with van der Waals surface area (Å²) >= 11 is 11.7. The second kappa shape index (κ2) is 11.0. The molecule has 3 aromatic rings. The second-order valence-electron chi connectivity index (χ2n) is 6.78. The SMILES string of the molecule is O=C(N/N=C/c1ccccc1OC(=O)c1cccc(Cl)c1)C(=O)Nc1cc(C(F)(F)F)ccc1Cl. The van der Waals surface area contributed by atoms with Gasteiger partial charge in [-0.3, -0.25) is 9.59 Å². The maximum atomic E-state index is 12.9. The molecule has 2 amide bonds. The number of benzene rings is 3. The van der Waals surface area contributed by atoms with Crippen LogP contribution in [0.3, 0.4) is 0 Å². The molecule has 12 heteroatoms. The number of halogens is 5. The van der Waals surface area contributed by atoms with Crippen molar-refractivity contribution in [2.75, 3.05) is 5.32 Å². The number of alkyl halides is 3. The third-order valence-electron chi connectivity index (χ3n) is 4.30. The van der Waals surface area contributed by atoms with Gasteiger partial charge < -0.3 is 10.1 Å². The Kier molecular flexibility index (Phi) is 8.10. The summed E-state index contributed by atoms with van der Waals surface area (Å²) in [4.78, 5) is 36.4. The standard InChI is InChI=1S/C23H14Cl2F3N3O4/c24-16-6-3-5-13(10-16)22(34)35-19-7-2-1-4-14(19)12-29-31-21(33)20(32)30-18-11-15(23(26,27)28)8-9-17(18)25/h1-12H,(H,30,32)(H,31,33)/b29-12+. The van der Waals surface area contributed by atoms with Gasteiger partial charge >= 0.3 is 24.0 Å². The van der Waals surface area contributed by atoms with Crippen molar-refractivity contribution < 1.29 is 32.3 Å². The van der Waals surface area contributed by atoms with Crippen LogP contribution in [0, 0.1) is 0 Å². The van der Waals surface area contributed by atoms with Crippen LogP contribution in [0.25, 0.3) is 0 Å². The number of nitrogens with one attached hydrogen (secondary N) is 2.